The van der Waals surface area contributed by atoms with Gasteiger partial charge in [-0.15, -0.1) is 12.4 Å². The first-order chi connectivity index (χ1) is 6.26. The summed E-state index contributed by atoms with van der Waals surface area (Å²) in [5, 5.41) is 11.1. The molecule has 0 spiro atoms. The highest BCUT2D eigenvalue weighted by molar-refractivity contribution is 5.92. The van der Waals surface area contributed by atoms with E-state index in [0.717, 1.165) is 0 Å². The zero-order valence-corrected chi connectivity index (χ0v) is 8.17. The minimum Gasteiger partial charge on any atom is -0.325 e. The van der Waals surface area contributed by atoms with Crippen molar-refractivity contribution in [2.45, 2.75) is 0 Å². The number of hydrogen-bond donors (Lipinski definition) is 2. The number of halogens is 1. The monoisotopic (exact) mass is 211 g/mol. The molecule has 1 aromatic carbocycles. The van der Waals surface area contributed by atoms with E-state index < -0.39 is 0 Å². The van der Waals surface area contributed by atoms with Gasteiger partial charge in [0.15, 0.2) is 0 Å². The maximum absolute atomic E-state index is 10.9. The van der Waals surface area contributed by atoms with Crippen LogP contribution in [-0.4, -0.2) is 12.5 Å². The molecule has 1 amide bonds. The summed E-state index contributed by atoms with van der Waals surface area (Å²) in [6.45, 7) is -0.0587. The van der Waals surface area contributed by atoms with Crippen molar-refractivity contribution in [3.05, 3.63) is 29.8 Å². The van der Waals surface area contributed by atoms with Crippen LogP contribution < -0.4 is 11.1 Å². The molecule has 1 rings (SSSR count). The average molecular weight is 212 g/mol. The standard InChI is InChI=1S/C9H9N3O.ClH/c10-5-7-2-1-3-8(4-7)12-9(13)6-11;/h1-4H,6,11H2,(H,12,13);1H. The van der Waals surface area contributed by atoms with Crippen LogP contribution in [0, 0.1) is 11.3 Å². The predicted molar refractivity (Wildman–Crippen MR) is 56.1 cm³/mol. The summed E-state index contributed by atoms with van der Waals surface area (Å²) < 4.78 is 0. The van der Waals surface area contributed by atoms with E-state index in [4.69, 9.17) is 11.0 Å². The summed E-state index contributed by atoms with van der Waals surface area (Å²) in [5.41, 5.74) is 6.21. The maximum Gasteiger partial charge on any atom is 0.238 e. The second kappa shape index (κ2) is 5.97. The van der Waals surface area contributed by atoms with Gasteiger partial charge in [-0.3, -0.25) is 4.79 Å². The Hall–Kier alpha value is -1.57. The van der Waals surface area contributed by atoms with Crippen LogP contribution in [-0.2, 0) is 4.79 Å². The third kappa shape index (κ3) is 3.44. The van der Waals surface area contributed by atoms with Gasteiger partial charge in [0, 0.05) is 5.69 Å². The van der Waals surface area contributed by atoms with E-state index in [1.54, 1.807) is 24.3 Å². The molecule has 0 heterocycles. The van der Waals surface area contributed by atoms with Crippen molar-refractivity contribution in [3.63, 3.8) is 0 Å². The summed E-state index contributed by atoms with van der Waals surface area (Å²) >= 11 is 0. The van der Waals surface area contributed by atoms with E-state index in [0.29, 0.717) is 11.3 Å². The van der Waals surface area contributed by atoms with Crippen molar-refractivity contribution in [3.8, 4) is 6.07 Å². The Balaban J connectivity index is 0.00000169. The van der Waals surface area contributed by atoms with Crippen molar-refractivity contribution in [2.24, 2.45) is 5.73 Å². The Labute approximate surface area is 88.1 Å². The molecule has 0 aliphatic carbocycles. The van der Waals surface area contributed by atoms with Crippen LogP contribution in [0.3, 0.4) is 0 Å². The zero-order valence-electron chi connectivity index (χ0n) is 7.36. The highest BCUT2D eigenvalue weighted by Crippen LogP contribution is 2.08. The number of rotatable bonds is 2. The number of carbonyl (C=O) groups is 1. The molecule has 0 unspecified atom stereocenters. The quantitative estimate of drug-likeness (QED) is 0.762. The molecule has 0 aromatic heterocycles. The van der Waals surface area contributed by atoms with Crippen LogP contribution in [0.5, 0.6) is 0 Å². The number of carbonyl (C=O) groups excluding carboxylic acids is 1. The SMILES string of the molecule is Cl.N#Cc1cccc(NC(=O)CN)c1. The molecule has 3 N–H and O–H groups in total. The number of hydrogen-bond acceptors (Lipinski definition) is 3. The summed E-state index contributed by atoms with van der Waals surface area (Å²) in [6.07, 6.45) is 0. The fourth-order valence-electron chi connectivity index (χ4n) is 0.879. The fraction of sp³-hybridized carbons (Fsp3) is 0.111. The second-order valence-electron chi connectivity index (χ2n) is 2.44. The van der Waals surface area contributed by atoms with E-state index in [1.807, 2.05) is 6.07 Å². The number of nitrogens with one attached hydrogen (secondary N) is 1. The molecule has 4 nitrogen and oxygen atoms in total. The molecule has 0 fully saturated rings. The first kappa shape index (κ1) is 12.4. The van der Waals surface area contributed by atoms with Gasteiger partial charge in [0.1, 0.15) is 0 Å². The molecule has 0 bridgehead atoms. The van der Waals surface area contributed by atoms with Crippen LogP contribution in [0.1, 0.15) is 5.56 Å². The van der Waals surface area contributed by atoms with E-state index in [-0.39, 0.29) is 24.9 Å². The third-order valence-corrected chi connectivity index (χ3v) is 1.46. The molecular weight excluding hydrogens is 202 g/mol. The van der Waals surface area contributed by atoms with Crippen LogP contribution in [0.2, 0.25) is 0 Å². The molecule has 0 atom stereocenters. The van der Waals surface area contributed by atoms with Gasteiger partial charge in [0.25, 0.3) is 0 Å². The Kier molecular flexibility index (Phi) is 5.30. The fourth-order valence-corrected chi connectivity index (χ4v) is 0.879. The van der Waals surface area contributed by atoms with Crippen LogP contribution >= 0.6 is 12.4 Å². The molecule has 74 valence electrons. The van der Waals surface area contributed by atoms with Gasteiger partial charge in [-0.25, -0.2) is 0 Å². The van der Waals surface area contributed by atoms with Gasteiger partial charge in [-0.05, 0) is 18.2 Å². The number of nitrogens with two attached hydrogens (primary N) is 1. The minimum atomic E-state index is -0.268. The predicted octanol–water partition coefficient (Wildman–Crippen LogP) is 0.877. The number of benzene rings is 1. The Bertz CT molecular complexity index is 359. The molecule has 0 aliphatic heterocycles. The summed E-state index contributed by atoms with van der Waals surface area (Å²) in [5.74, 6) is -0.268. The Morgan fingerprint density at radius 2 is 2.29 bits per heavy atom. The van der Waals surface area contributed by atoms with Gasteiger partial charge in [-0.1, -0.05) is 6.07 Å². The number of amides is 1. The van der Waals surface area contributed by atoms with Crippen molar-refractivity contribution >= 4 is 24.0 Å². The molecule has 14 heavy (non-hydrogen) atoms. The van der Waals surface area contributed by atoms with Gasteiger partial charge in [0.05, 0.1) is 18.2 Å². The maximum atomic E-state index is 10.9. The molecule has 1 aromatic rings. The normalized spacial score (nSPS) is 8.29. The van der Waals surface area contributed by atoms with Crippen LogP contribution in [0.15, 0.2) is 24.3 Å². The second-order valence-corrected chi connectivity index (χ2v) is 2.44. The zero-order chi connectivity index (χ0) is 9.68. The topological polar surface area (TPSA) is 78.9 Å². The van der Waals surface area contributed by atoms with Gasteiger partial charge in [-0.2, -0.15) is 5.26 Å². The lowest BCUT2D eigenvalue weighted by atomic mass is 10.2. The van der Waals surface area contributed by atoms with Crippen molar-refractivity contribution < 1.29 is 4.79 Å². The minimum absolute atomic E-state index is 0. The van der Waals surface area contributed by atoms with Crippen molar-refractivity contribution in [1.82, 2.24) is 0 Å². The van der Waals surface area contributed by atoms with Gasteiger partial charge < -0.3 is 11.1 Å². The van der Waals surface area contributed by atoms with E-state index >= 15 is 0 Å². The average Bonchev–Trinajstić information content (AvgIpc) is 2.18. The first-order valence-corrected chi connectivity index (χ1v) is 3.76. The molecule has 0 aliphatic rings. The molecule has 0 saturated carbocycles. The number of nitrogens with zero attached hydrogens (tertiary/aromatic N) is 1. The molecular formula is C9H10ClN3O. The van der Waals surface area contributed by atoms with Crippen molar-refractivity contribution in [2.75, 3.05) is 11.9 Å². The highest BCUT2D eigenvalue weighted by atomic mass is 35.5. The smallest absolute Gasteiger partial charge is 0.238 e. The first-order valence-electron chi connectivity index (χ1n) is 3.76. The summed E-state index contributed by atoms with van der Waals surface area (Å²) in [7, 11) is 0. The Morgan fingerprint density at radius 1 is 1.57 bits per heavy atom. The summed E-state index contributed by atoms with van der Waals surface area (Å²) in [6, 6.07) is 8.63. The lowest BCUT2D eigenvalue weighted by molar-refractivity contribution is -0.114. The third-order valence-electron chi connectivity index (χ3n) is 1.46. The van der Waals surface area contributed by atoms with Crippen molar-refractivity contribution in [1.29, 1.82) is 5.26 Å². The van der Waals surface area contributed by atoms with Gasteiger partial charge >= 0.3 is 0 Å². The van der Waals surface area contributed by atoms with E-state index in [9.17, 15) is 4.79 Å². The Morgan fingerprint density at radius 3 is 2.86 bits per heavy atom. The summed E-state index contributed by atoms with van der Waals surface area (Å²) in [4.78, 5) is 10.9. The van der Waals surface area contributed by atoms with E-state index in [1.165, 1.54) is 0 Å². The lowest BCUT2D eigenvalue weighted by Gasteiger charge is -2.02. The largest absolute Gasteiger partial charge is 0.325 e. The molecule has 5 heteroatoms. The number of nitriles is 1. The van der Waals surface area contributed by atoms with E-state index in [2.05, 4.69) is 5.32 Å². The molecule has 0 saturated heterocycles. The van der Waals surface area contributed by atoms with Crippen LogP contribution in [0.25, 0.3) is 0 Å². The molecule has 0 radical (unpaired) electrons. The van der Waals surface area contributed by atoms with Crippen LogP contribution in [0.4, 0.5) is 5.69 Å². The number of anilines is 1. The van der Waals surface area contributed by atoms with Gasteiger partial charge in [0.2, 0.25) is 5.91 Å². The lowest BCUT2D eigenvalue weighted by Crippen LogP contribution is -2.21. The highest BCUT2D eigenvalue weighted by Gasteiger charge is 1.98.